The van der Waals surface area contributed by atoms with Gasteiger partial charge in [0.1, 0.15) is 6.61 Å². The molecular weight excluding hydrogens is 476 g/mol. The van der Waals surface area contributed by atoms with Crippen molar-refractivity contribution in [3.63, 3.8) is 0 Å². The van der Waals surface area contributed by atoms with Crippen LogP contribution in [-0.4, -0.2) is 24.3 Å². The molecule has 0 aliphatic carbocycles. The summed E-state index contributed by atoms with van der Waals surface area (Å²) in [5.74, 6) is 0.407. The van der Waals surface area contributed by atoms with Crippen LogP contribution in [0.15, 0.2) is 108 Å². The van der Waals surface area contributed by atoms with Gasteiger partial charge >= 0.3 is 0 Å². The van der Waals surface area contributed by atoms with Gasteiger partial charge in [0.25, 0.3) is 5.91 Å². The van der Waals surface area contributed by atoms with Crippen molar-refractivity contribution < 1.29 is 19.4 Å². The van der Waals surface area contributed by atoms with Crippen molar-refractivity contribution in [3.05, 3.63) is 130 Å². The molecule has 4 rings (SSSR count). The number of carbonyl (C=O) groups excluding carboxylic acids is 1. The molecule has 0 aliphatic rings. The van der Waals surface area contributed by atoms with Gasteiger partial charge < -0.3 is 14.6 Å². The summed E-state index contributed by atoms with van der Waals surface area (Å²) < 4.78 is 11.3. The van der Waals surface area contributed by atoms with Crippen LogP contribution >= 0.6 is 11.6 Å². The topological polar surface area (TPSA) is 80.2 Å². The number of benzene rings is 4. The Morgan fingerprint density at radius 2 is 1.53 bits per heavy atom. The summed E-state index contributed by atoms with van der Waals surface area (Å²) in [4.78, 5) is 13.2. The highest BCUT2D eigenvalue weighted by molar-refractivity contribution is 6.30. The highest BCUT2D eigenvalue weighted by atomic mass is 35.5. The normalized spacial score (nSPS) is 11.3. The predicted octanol–water partition coefficient (Wildman–Crippen LogP) is 5.31. The molecule has 0 unspecified atom stereocenters. The molecule has 0 aromatic heterocycles. The maximum atomic E-state index is 13.2. The quantitative estimate of drug-likeness (QED) is 0.241. The SMILES string of the molecule is COc1ccc(/C=N\NC(=O)C(O)(c2ccccc2)c2ccccc2)cc1OCc1ccc(Cl)cc1. The van der Waals surface area contributed by atoms with E-state index >= 15 is 0 Å². The standard InChI is InChI=1S/C29H25ClN2O4/c1-35-26-17-14-22(18-27(26)36-20-21-12-15-25(30)16-13-21)19-31-32-28(33)29(34,23-8-4-2-5-9-23)24-10-6-3-7-11-24/h2-19,34H,20H2,1H3,(H,32,33)/b31-19-. The van der Waals surface area contributed by atoms with Gasteiger partial charge in [-0.05, 0) is 52.6 Å². The zero-order valence-corrected chi connectivity index (χ0v) is 20.4. The van der Waals surface area contributed by atoms with Crippen LogP contribution in [-0.2, 0) is 17.0 Å². The van der Waals surface area contributed by atoms with Crippen LogP contribution in [0.3, 0.4) is 0 Å². The number of nitrogens with one attached hydrogen (secondary N) is 1. The average Bonchev–Trinajstić information content (AvgIpc) is 2.93. The fraction of sp³-hybridized carbons (Fsp3) is 0.103. The molecule has 1 amide bonds. The van der Waals surface area contributed by atoms with Gasteiger partial charge in [0.15, 0.2) is 17.1 Å². The van der Waals surface area contributed by atoms with E-state index < -0.39 is 11.5 Å². The molecule has 0 fully saturated rings. The number of nitrogens with zero attached hydrogens (tertiary/aromatic N) is 1. The Morgan fingerprint density at radius 1 is 0.917 bits per heavy atom. The van der Waals surface area contributed by atoms with Crippen molar-refractivity contribution in [2.45, 2.75) is 12.2 Å². The first-order valence-electron chi connectivity index (χ1n) is 11.2. The van der Waals surface area contributed by atoms with Gasteiger partial charge in [-0.15, -0.1) is 0 Å². The number of amides is 1. The lowest BCUT2D eigenvalue weighted by Gasteiger charge is -2.27. The van der Waals surface area contributed by atoms with Gasteiger partial charge in [-0.2, -0.15) is 5.10 Å². The highest BCUT2D eigenvalue weighted by Crippen LogP contribution is 2.30. The maximum Gasteiger partial charge on any atom is 0.281 e. The molecule has 0 radical (unpaired) electrons. The first-order chi connectivity index (χ1) is 17.5. The van der Waals surface area contributed by atoms with Crippen LogP contribution in [0, 0.1) is 0 Å². The molecule has 2 N–H and O–H groups in total. The number of hydrazone groups is 1. The highest BCUT2D eigenvalue weighted by Gasteiger charge is 2.39. The summed E-state index contributed by atoms with van der Waals surface area (Å²) >= 11 is 5.94. The van der Waals surface area contributed by atoms with Gasteiger partial charge in [0.05, 0.1) is 13.3 Å². The van der Waals surface area contributed by atoms with Crippen molar-refractivity contribution in [1.82, 2.24) is 5.43 Å². The van der Waals surface area contributed by atoms with Crippen LogP contribution in [0.2, 0.25) is 5.02 Å². The molecule has 4 aromatic rings. The van der Waals surface area contributed by atoms with Crippen molar-refractivity contribution in [3.8, 4) is 11.5 Å². The first kappa shape index (κ1) is 25.0. The number of rotatable bonds is 9. The largest absolute Gasteiger partial charge is 0.493 e. The molecule has 0 saturated carbocycles. The molecular formula is C29H25ClN2O4. The summed E-state index contributed by atoms with van der Waals surface area (Å²) in [5.41, 5.74) is 3.06. The number of carbonyl (C=O) groups is 1. The van der Waals surface area contributed by atoms with Gasteiger partial charge in [-0.1, -0.05) is 84.4 Å². The maximum absolute atomic E-state index is 13.2. The van der Waals surface area contributed by atoms with Crippen LogP contribution in [0.1, 0.15) is 22.3 Å². The number of hydrogen-bond donors (Lipinski definition) is 2. The Kier molecular flexibility index (Phi) is 8.00. The van der Waals surface area contributed by atoms with E-state index in [1.165, 1.54) is 6.21 Å². The van der Waals surface area contributed by atoms with Crippen LogP contribution in [0.4, 0.5) is 0 Å². The summed E-state index contributed by atoms with van der Waals surface area (Å²) in [6.45, 7) is 0.325. The molecule has 0 saturated heterocycles. The molecule has 0 spiro atoms. The predicted molar refractivity (Wildman–Crippen MR) is 140 cm³/mol. The molecule has 36 heavy (non-hydrogen) atoms. The van der Waals surface area contributed by atoms with Crippen LogP contribution < -0.4 is 14.9 Å². The molecule has 0 atom stereocenters. The molecule has 0 heterocycles. The zero-order valence-electron chi connectivity index (χ0n) is 19.6. The molecule has 7 heteroatoms. The van der Waals surface area contributed by atoms with E-state index in [1.807, 2.05) is 24.3 Å². The van der Waals surface area contributed by atoms with Crippen molar-refractivity contribution in [2.24, 2.45) is 5.10 Å². The van der Waals surface area contributed by atoms with Gasteiger partial charge in [0.2, 0.25) is 0 Å². The minimum Gasteiger partial charge on any atom is -0.493 e. The molecule has 0 aliphatic heterocycles. The smallest absolute Gasteiger partial charge is 0.281 e. The van der Waals surface area contributed by atoms with E-state index in [9.17, 15) is 9.90 Å². The second-order valence-electron chi connectivity index (χ2n) is 7.97. The molecule has 4 aromatic carbocycles. The number of methoxy groups -OCH3 is 1. The minimum atomic E-state index is -1.91. The second kappa shape index (κ2) is 11.5. The number of ether oxygens (including phenoxy) is 2. The van der Waals surface area contributed by atoms with Gasteiger partial charge in [-0.3, -0.25) is 4.79 Å². The Bertz CT molecular complexity index is 1290. The fourth-order valence-corrected chi connectivity index (χ4v) is 3.79. The third-order valence-corrected chi connectivity index (χ3v) is 5.84. The molecule has 0 bridgehead atoms. The van der Waals surface area contributed by atoms with E-state index in [-0.39, 0.29) is 0 Å². The Morgan fingerprint density at radius 3 is 2.11 bits per heavy atom. The minimum absolute atomic E-state index is 0.325. The number of halogens is 1. The third-order valence-electron chi connectivity index (χ3n) is 5.59. The monoisotopic (exact) mass is 500 g/mol. The summed E-state index contributed by atoms with van der Waals surface area (Å²) in [6, 6.07) is 30.2. The Labute approximate surface area is 214 Å². The first-order valence-corrected chi connectivity index (χ1v) is 11.6. The van der Waals surface area contributed by atoms with Crippen LogP contribution in [0.5, 0.6) is 11.5 Å². The molecule has 6 nitrogen and oxygen atoms in total. The fourth-order valence-electron chi connectivity index (χ4n) is 3.66. The zero-order chi connectivity index (χ0) is 25.4. The lowest BCUT2D eigenvalue weighted by atomic mass is 9.85. The number of hydrogen-bond acceptors (Lipinski definition) is 5. The van der Waals surface area contributed by atoms with Crippen molar-refractivity contribution in [2.75, 3.05) is 7.11 Å². The van der Waals surface area contributed by atoms with E-state index in [1.54, 1.807) is 86.0 Å². The van der Waals surface area contributed by atoms with Crippen LogP contribution in [0.25, 0.3) is 0 Å². The number of aliphatic hydroxyl groups is 1. The summed E-state index contributed by atoms with van der Waals surface area (Å²) in [6.07, 6.45) is 1.48. The van der Waals surface area contributed by atoms with Crippen molar-refractivity contribution in [1.29, 1.82) is 0 Å². The lowest BCUT2D eigenvalue weighted by molar-refractivity contribution is -0.136. The Balaban J connectivity index is 1.51. The van der Waals surface area contributed by atoms with E-state index in [0.717, 1.165) is 5.56 Å². The summed E-state index contributed by atoms with van der Waals surface area (Å²) in [7, 11) is 1.56. The van der Waals surface area contributed by atoms with Crippen molar-refractivity contribution >= 4 is 23.7 Å². The third kappa shape index (κ3) is 5.74. The van der Waals surface area contributed by atoms with E-state index in [2.05, 4.69) is 10.5 Å². The van der Waals surface area contributed by atoms with E-state index in [0.29, 0.717) is 39.8 Å². The molecule has 182 valence electrons. The average molecular weight is 501 g/mol. The lowest BCUT2D eigenvalue weighted by Crippen LogP contribution is -2.43. The van der Waals surface area contributed by atoms with E-state index in [4.69, 9.17) is 21.1 Å². The van der Waals surface area contributed by atoms with Gasteiger partial charge in [0, 0.05) is 5.02 Å². The Hall–Kier alpha value is -4.13. The van der Waals surface area contributed by atoms with Gasteiger partial charge in [-0.25, -0.2) is 5.43 Å². The second-order valence-corrected chi connectivity index (χ2v) is 8.40. The summed E-state index contributed by atoms with van der Waals surface area (Å²) in [5, 5.41) is 16.2.